The number of benzene rings is 1. The molecule has 0 aliphatic carbocycles. The lowest BCUT2D eigenvalue weighted by molar-refractivity contribution is -0.119. The first kappa shape index (κ1) is 9.97. The Morgan fingerprint density at radius 1 is 1.33 bits per heavy atom. The summed E-state index contributed by atoms with van der Waals surface area (Å²) in [4.78, 5) is 11.4. The molecule has 1 heterocycles. The smallest absolute Gasteiger partial charge is 0.152 e. The van der Waals surface area contributed by atoms with E-state index in [1.807, 2.05) is 17.7 Å². The summed E-state index contributed by atoms with van der Waals surface area (Å²) in [7, 11) is 0. The number of carbonyl (C=O) groups excluding carboxylic acids is 1. The number of nitrogens with zero attached hydrogens (tertiary/aromatic N) is 1. The summed E-state index contributed by atoms with van der Waals surface area (Å²) in [6.07, 6.45) is 2.59. The molecule has 78 valence electrons. The monoisotopic (exact) mass is 201 g/mol. The fourth-order valence-corrected chi connectivity index (χ4v) is 1.73. The number of ketones is 1. The number of hydrogen-bond donors (Lipinski definition) is 0. The molecule has 0 amide bonds. The van der Waals surface area contributed by atoms with E-state index in [2.05, 4.69) is 31.2 Å². The van der Waals surface area contributed by atoms with Gasteiger partial charge < -0.3 is 4.57 Å². The number of hydrogen-bond acceptors (Lipinski definition) is 1. The van der Waals surface area contributed by atoms with E-state index in [1.54, 1.807) is 0 Å². The first-order valence-corrected chi connectivity index (χ1v) is 5.28. The highest BCUT2D eigenvalue weighted by Crippen LogP contribution is 2.17. The molecule has 0 aliphatic rings. The third-order valence-corrected chi connectivity index (χ3v) is 2.67. The van der Waals surface area contributed by atoms with Crippen molar-refractivity contribution in [3.05, 3.63) is 36.0 Å². The minimum absolute atomic E-state index is 0.272. The van der Waals surface area contributed by atoms with Crippen LogP contribution in [0.4, 0.5) is 0 Å². The molecule has 1 aromatic heterocycles. The topological polar surface area (TPSA) is 22.0 Å². The first-order chi connectivity index (χ1) is 7.20. The van der Waals surface area contributed by atoms with E-state index in [1.165, 1.54) is 10.9 Å². The van der Waals surface area contributed by atoms with Crippen molar-refractivity contribution < 1.29 is 4.79 Å². The molecule has 0 unspecified atom stereocenters. The van der Waals surface area contributed by atoms with Crippen LogP contribution in [0.5, 0.6) is 0 Å². The molecule has 0 saturated carbocycles. The Balaban J connectivity index is 2.43. The third kappa shape index (κ3) is 1.94. The van der Waals surface area contributed by atoms with Gasteiger partial charge in [0, 0.05) is 18.1 Å². The van der Waals surface area contributed by atoms with Crippen LogP contribution in [0.25, 0.3) is 10.9 Å². The Kier molecular flexibility index (Phi) is 2.58. The molecule has 0 fully saturated rings. The summed E-state index contributed by atoms with van der Waals surface area (Å²) in [5.41, 5.74) is 2.38. The van der Waals surface area contributed by atoms with Gasteiger partial charge in [0.15, 0.2) is 5.78 Å². The first-order valence-electron chi connectivity index (χ1n) is 5.28. The largest absolute Gasteiger partial charge is 0.340 e. The zero-order valence-corrected chi connectivity index (χ0v) is 9.16. The summed E-state index contributed by atoms with van der Waals surface area (Å²) in [6.45, 7) is 4.46. The Hall–Kier alpha value is -1.57. The molecule has 2 aromatic rings. The molecule has 2 nitrogen and oxygen atoms in total. The highest BCUT2D eigenvalue weighted by atomic mass is 16.1. The Morgan fingerprint density at radius 3 is 2.87 bits per heavy atom. The van der Waals surface area contributed by atoms with Crippen LogP contribution < -0.4 is 0 Å². The minimum atomic E-state index is 0.272. The van der Waals surface area contributed by atoms with E-state index in [0.717, 1.165) is 5.52 Å². The molecule has 0 saturated heterocycles. The van der Waals surface area contributed by atoms with Crippen LogP contribution in [0.15, 0.2) is 30.5 Å². The van der Waals surface area contributed by atoms with Gasteiger partial charge >= 0.3 is 0 Å². The van der Waals surface area contributed by atoms with Crippen LogP contribution in [0.3, 0.4) is 0 Å². The average molecular weight is 201 g/mol. The van der Waals surface area contributed by atoms with Gasteiger partial charge in [0.25, 0.3) is 0 Å². The van der Waals surface area contributed by atoms with Crippen molar-refractivity contribution in [1.82, 2.24) is 4.57 Å². The highest BCUT2D eigenvalue weighted by molar-refractivity contribution is 5.84. The lowest BCUT2D eigenvalue weighted by Gasteiger charge is -2.03. The van der Waals surface area contributed by atoms with E-state index in [9.17, 15) is 4.79 Å². The molecule has 0 bridgehead atoms. The summed E-state index contributed by atoms with van der Waals surface area (Å²) >= 11 is 0. The standard InChI is InChI=1S/C13H15NO/c1-3-12(15)9-14-7-6-11-5-4-10(2)8-13(11)14/h4-8H,3,9H2,1-2H3. The molecule has 0 atom stereocenters. The maximum atomic E-state index is 11.4. The van der Waals surface area contributed by atoms with Gasteiger partial charge in [-0.3, -0.25) is 4.79 Å². The fraction of sp³-hybridized carbons (Fsp3) is 0.308. The molecule has 0 aliphatic heterocycles. The molecular weight excluding hydrogens is 186 g/mol. The van der Waals surface area contributed by atoms with Crippen LogP contribution in [-0.4, -0.2) is 10.4 Å². The Labute approximate surface area is 89.5 Å². The van der Waals surface area contributed by atoms with Crippen molar-refractivity contribution in [1.29, 1.82) is 0 Å². The number of aromatic nitrogens is 1. The number of carbonyl (C=O) groups is 1. The number of Topliss-reactive ketones (excluding diaryl/α,β-unsaturated/α-hetero) is 1. The SMILES string of the molecule is CCC(=O)Cn1ccc2ccc(C)cc21. The fourth-order valence-electron chi connectivity index (χ4n) is 1.73. The van der Waals surface area contributed by atoms with Crippen LogP contribution in [0.2, 0.25) is 0 Å². The van der Waals surface area contributed by atoms with Gasteiger partial charge in [-0.15, -0.1) is 0 Å². The van der Waals surface area contributed by atoms with Crippen LogP contribution in [0, 0.1) is 6.92 Å². The normalized spacial score (nSPS) is 10.8. The lowest BCUT2D eigenvalue weighted by Crippen LogP contribution is -2.07. The van der Waals surface area contributed by atoms with Gasteiger partial charge in [0.2, 0.25) is 0 Å². The summed E-state index contributed by atoms with van der Waals surface area (Å²) < 4.78 is 2.02. The van der Waals surface area contributed by atoms with Crippen molar-refractivity contribution in [3.8, 4) is 0 Å². The maximum Gasteiger partial charge on any atom is 0.152 e. The number of fused-ring (bicyclic) bond motifs is 1. The van der Waals surface area contributed by atoms with Crippen molar-refractivity contribution >= 4 is 16.7 Å². The quantitative estimate of drug-likeness (QED) is 0.748. The minimum Gasteiger partial charge on any atom is -0.340 e. The van der Waals surface area contributed by atoms with Crippen molar-refractivity contribution in [3.63, 3.8) is 0 Å². The Bertz CT molecular complexity index is 496. The zero-order chi connectivity index (χ0) is 10.8. The number of rotatable bonds is 3. The van der Waals surface area contributed by atoms with Crippen LogP contribution in [0.1, 0.15) is 18.9 Å². The molecular formula is C13H15NO. The number of aryl methyl sites for hydroxylation is 1. The molecule has 1 aromatic carbocycles. The molecule has 0 spiro atoms. The van der Waals surface area contributed by atoms with Gasteiger partial charge in [-0.25, -0.2) is 0 Å². The van der Waals surface area contributed by atoms with Crippen molar-refractivity contribution in [2.75, 3.05) is 0 Å². The molecule has 0 radical (unpaired) electrons. The van der Waals surface area contributed by atoms with E-state index in [4.69, 9.17) is 0 Å². The molecule has 0 N–H and O–H groups in total. The predicted molar refractivity (Wildman–Crippen MR) is 62.0 cm³/mol. The van der Waals surface area contributed by atoms with Crippen molar-refractivity contribution in [2.24, 2.45) is 0 Å². The lowest BCUT2D eigenvalue weighted by atomic mass is 10.2. The average Bonchev–Trinajstić information content (AvgIpc) is 2.61. The van der Waals surface area contributed by atoms with Gasteiger partial charge in [0.05, 0.1) is 6.54 Å². The van der Waals surface area contributed by atoms with E-state index in [0.29, 0.717) is 13.0 Å². The van der Waals surface area contributed by atoms with Gasteiger partial charge in [0.1, 0.15) is 0 Å². The van der Waals surface area contributed by atoms with E-state index < -0.39 is 0 Å². The van der Waals surface area contributed by atoms with Crippen LogP contribution in [-0.2, 0) is 11.3 Å². The molecule has 2 heteroatoms. The van der Waals surface area contributed by atoms with Crippen LogP contribution >= 0.6 is 0 Å². The second kappa shape index (κ2) is 3.89. The maximum absolute atomic E-state index is 11.4. The summed E-state index contributed by atoms with van der Waals surface area (Å²) in [5, 5.41) is 1.20. The second-order valence-electron chi connectivity index (χ2n) is 3.90. The Morgan fingerprint density at radius 2 is 2.13 bits per heavy atom. The van der Waals surface area contributed by atoms with Gasteiger partial charge in [-0.1, -0.05) is 19.1 Å². The summed E-state index contributed by atoms with van der Waals surface area (Å²) in [5.74, 6) is 0.272. The van der Waals surface area contributed by atoms with Crippen molar-refractivity contribution in [2.45, 2.75) is 26.8 Å². The predicted octanol–water partition coefficient (Wildman–Crippen LogP) is 2.93. The highest BCUT2D eigenvalue weighted by Gasteiger charge is 2.04. The second-order valence-corrected chi connectivity index (χ2v) is 3.90. The molecule has 2 rings (SSSR count). The third-order valence-electron chi connectivity index (χ3n) is 2.67. The molecule has 15 heavy (non-hydrogen) atoms. The van der Waals surface area contributed by atoms with Gasteiger partial charge in [-0.2, -0.15) is 0 Å². The van der Waals surface area contributed by atoms with E-state index in [-0.39, 0.29) is 5.78 Å². The summed E-state index contributed by atoms with van der Waals surface area (Å²) in [6, 6.07) is 8.36. The van der Waals surface area contributed by atoms with Gasteiger partial charge in [-0.05, 0) is 30.0 Å². The zero-order valence-electron chi connectivity index (χ0n) is 9.16. The van der Waals surface area contributed by atoms with E-state index >= 15 is 0 Å².